The summed E-state index contributed by atoms with van der Waals surface area (Å²) in [7, 11) is 3.28. The average molecular weight is 243 g/mol. The molecule has 5 nitrogen and oxygen atoms in total. The number of imidazole rings is 2. The summed E-state index contributed by atoms with van der Waals surface area (Å²) in [6, 6.07) is 5.73. The molecule has 2 heterocycles. The van der Waals surface area contributed by atoms with Crippen LogP contribution in [0.2, 0.25) is 0 Å². The highest BCUT2D eigenvalue weighted by Crippen LogP contribution is 2.32. The van der Waals surface area contributed by atoms with Gasteiger partial charge in [-0.3, -0.25) is 4.40 Å². The molecule has 0 bridgehead atoms. The quantitative estimate of drug-likeness (QED) is 0.768. The van der Waals surface area contributed by atoms with Crippen LogP contribution in [0.1, 0.15) is 0 Å². The third-order valence-electron chi connectivity index (χ3n) is 2.88. The SMILES string of the molecule is COc1ccc(-c2cn3ccnc3[nH]2)c(OC)c1. The maximum atomic E-state index is 5.39. The molecule has 0 saturated carbocycles. The molecule has 0 saturated heterocycles. The zero-order valence-electron chi connectivity index (χ0n) is 10.2. The molecule has 5 heteroatoms. The minimum atomic E-state index is 0.763. The van der Waals surface area contributed by atoms with Crippen LogP contribution in [0.4, 0.5) is 0 Å². The summed E-state index contributed by atoms with van der Waals surface area (Å²) in [5.74, 6) is 2.34. The van der Waals surface area contributed by atoms with Crippen molar-refractivity contribution in [2.45, 2.75) is 0 Å². The van der Waals surface area contributed by atoms with Gasteiger partial charge in [-0.05, 0) is 12.1 Å². The molecule has 0 aliphatic rings. The zero-order valence-corrected chi connectivity index (χ0v) is 10.2. The van der Waals surface area contributed by atoms with Gasteiger partial charge in [0.15, 0.2) is 0 Å². The number of nitrogens with one attached hydrogen (secondary N) is 1. The molecule has 3 rings (SSSR count). The summed E-state index contributed by atoms with van der Waals surface area (Å²) in [6.45, 7) is 0. The standard InChI is InChI=1S/C13H13N3O2/c1-17-9-3-4-10(12(7-9)18-2)11-8-16-6-5-14-13(16)15-11/h3-8H,1-2H3,(H,14,15). The Morgan fingerprint density at radius 3 is 2.83 bits per heavy atom. The van der Waals surface area contributed by atoms with Crippen molar-refractivity contribution in [3.63, 3.8) is 0 Å². The first-order valence-corrected chi connectivity index (χ1v) is 5.56. The lowest BCUT2D eigenvalue weighted by atomic mass is 10.1. The Morgan fingerprint density at radius 2 is 2.11 bits per heavy atom. The van der Waals surface area contributed by atoms with E-state index in [1.54, 1.807) is 20.4 Å². The number of aromatic nitrogens is 3. The summed E-state index contributed by atoms with van der Waals surface area (Å²) >= 11 is 0. The second-order valence-electron chi connectivity index (χ2n) is 3.89. The molecule has 0 atom stereocenters. The minimum Gasteiger partial charge on any atom is -0.497 e. The van der Waals surface area contributed by atoms with Gasteiger partial charge in [-0.1, -0.05) is 0 Å². The van der Waals surface area contributed by atoms with Crippen molar-refractivity contribution in [2.24, 2.45) is 0 Å². The Hall–Kier alpha value is -2.43. The Balaban J connectivity index is 2.13. The van der Waals surface area contributed by atoms with E-state index in [9.17, 15) is 0 Å². The van der Waals surface area contributed by atoms with Crippen molar-refractivity contribution < 1.29 is 9.47 Å². The van der Waals surface area contributed by atoms with E-state index in [2.05, 4.69) is 9.97 Å². The maximum absolute atomic E-state index is 5.39. The molecule has 0 aliphatic heterocycles. The highest BCUT2D eigenvalue weighted by Gasteiger charge is 2.10. The summed E-state index contributed by atoms with van der Waals surface area (Å²) < 4.78 is 12.5. The van der Waals surface area contributed by atoms with Gasteiger partial charge in [0.25, 0.3) is 0 Å². The van der Waals surface area contributed by atoms with Crippen LogP contribution >= 0.6 is 0 Å². The summed E-state index contributed by atoms with van der Waals surface area (Å²) in [5, 5.41) is 0. The van der Waals surface area contributed by atoms with Crippen molar-refractivity contribution in [1.82, 2.24) is 14.4 Å². The van der Waals surface area contributed by atoms with Crippen LogP contribution in [0.25, 0.3) is 17.0 Å². The minimum absolute atomic E-state index is 0.763. The molecule has 1 aromatic carbocycles. The molecule has 1 N–H and O–H groups in total. The lowest BCUT2D eigenvalue weighted by Crippen LogP contribution is -1.90. The van der Waals surface area contributed by atoms with E-state index in [4.69, 9.17) is 9.47 Å². The largest absolute Gasteiger partial charge is 0.497 e. The number of fused-ring (bicyclic) bond motifs is 1. The summed E-state index contributed by atoms with van der Waals surface area (Å²) in [4.78, 5) is 7.43. The van der Waals surface area contributed by atoms with Gasteiger partial charge in [0.2, 0.25) is 5.78 Å². The molecule has 18 heavy (non-hydrogen) atoms. The fraction of sp³-hybridized carbons (Fsp3) is 0.154. The summed E-state index contributed by atoms with van der Waals surface area (Å²) in [5.41, 5.74) is 1.93. The molecule has 2 aromatic heterocycles. The Bertz CT molecular complexity index is 656. The maximum Gasteiger partial charge on any atom is 0.211 e. The molecule has 0 amide bonds. The molecule has 0 radical (unpaired) electrons. The number of aromatic amines is 1. The van der Waals surface area contributed by atoms with Crippen LogP contribution in [-0.2, 0) is 0 Å². The van der Waals surface area contributed by atoms with Gasteiger partial charge in [-0.2, -0.15) is 0 Å². The highest BCUT2D eigenvalue weighted by atomic mass is 16.5. The summed E-state index contributed by atoms with van der Waals surface area (Å²) in [6.07, 6.45) is 5.62. The van der Waals surface area contributed by atoms with E-state index >= 15 is 0 Å². The number of hydrogen-bond acceptors (Lipinski definition) is 3. The first kappa shape index (κ1) is 10.7. The van der Waals surface area contributed by atoms with Crippen LogP contribution in [0, 0.1) is 0 Å². The van der Waals surface area contributed by atoms with Crippen LogP contribution in [0.15, 0.2) is 36.8 Å². The first-order valence-electron chi connectivity index (χ1n) is 5.56. The average Bonchev–Trinajstić information content (AvgIpc) is 2.98. The lowest BCUT2D eigenvalue weighted by molar-refractivity contribution is 0.395. The zero-order chi connectivity index (χ0) is 12.5. The van der Waals surface area contributed by atoms with Gasteiger partial charge in [-0.25, -0.2) is 4.98 Å². The number of H-pyrrole nitrogens is 1. The van der Waals surface area contributed by atoms with Crippen molar-refractivity contribution in [3.05, 3.63) is 36.8 Å². The van der Waals surface area contributed by atoms with E-state index in [0.717, 1.165) is 28.5 Å². The van der Waals surface area contributed by atoms with Crippen molar-refractivity contribution in [2.75, 3.05) is 14.2 Å². The normalized spacial score (nSPS) is 10.8. The molecule has 0 aliphatic carbocycles. The molecule has 3 aromatic rings. The second kappa shape index (κ2) is 4.10. The van der Waals surface area contributed by atoms with E-state index in [1.165, 1.54) is 0 Å². The van der Waals surface area contributed by atoms with E-state index in [-0.39, 0.29) is 0 Å². The number of benzene rings is 1. The molecular formula is C13H13N3O2. The number of rotatable bonds is 3. The Kier molecular flexibility index (Phi) is 2.44. The topological polar surface area (TPSA) is 51.5 Å². The smallest absolute Gasteiger partial charge is 0.211 e. The predicted octanol–water partition coefficient (Wildman–Crippen LogP) is 2.35. The van der Waals surface area contributed by atoms with E-state index < -0.39 is 0 Å². The van der Waals surface area contributed by atoms with Crippen molar-refractivity contribution >= 4 is 5.78 Å². The van der Waals surface area contributed by atoms with Gasteiger partial charge >= 0.3 is 0 Å². The van der Waals surface area contributed by atoms with Crippen molar-refractivity contribution in [3.8, 4) is 22.8 Å². The Morgan fingerprint density at radius 1 is 1.22 bits per heavy atom. The molecule has 0 spiro atoms. The highest BCUT2D eigenvalue weighted by molar-refractivity contribution is 5.69. The van der Waals surface area contributed by atoms with Gasteiger partial charge in [0.05, 0.1) is 19.9 Å². The number of hydrogen-bond donors (Lipinski definition) is 1. The number of nitrogens with zero attached hydrogens (tertiary/aromatic N) is 2. The van der Waals surface area contributed by atoms with Crippen LogP contribution < -0.4 is 9.47 Å². The fourth-order valence-electron chi connectivity index (χ4n) is 1.96. The molecule has 0 unspecified atom stereocenters. The number of methoxy groups -OCH3 is 2. The molecule has 92 valence electrons. The van der Waals surface area contributed by atoms with Crippen LogP contribution in [-0.4, -0.2) is 28.6 Å². The van der Waals surface area contributed by atoms with Crippen LogP contribution in [0.3, 0.4) is 0 Å². The fourth-order valence-corrected chi connectivity index (χ4v) is 1.96. The van der Waals surface area contributed by atoms with Gasteiger partial charge in [0, 0.05) is 30.2 Å². The lowest BCUT2D eigenvalue weighted by Gasteiger charge is -2.08. The third-order valence-corrected chi connectivity index (χ3v) is 2.88. The monoisotopic (exact) mass is 243 g/mol. The molecular weight excluding hydrogens is 230 g/mol. The Labute approximate surface area is 104 Å². The molecule has 0 fully saturated rings. The van der Waals surface area contributed by atoms with Gasteiger partial charge in [0.1, 0.15) is 11.5 Å². The second-order valence-corrected chi connectivity index (χ2v) is 3.89. The van der Waals surface area contributed by atoms with Gasteiger partial charge in [-0.15, -0.1) is 0 Å². The third kappa shape index (κ3) is 1.60. The van der Waals surface area contributed by atoms with Gasteiger partial charge < -0.3 is 14.5 Å². The number of ether oxygens (including phenoxy) is 2. The van der Waals surface area contributed by atoms with E-state index in [0.29, 0.717) is 0 Å². The van der Waals surface area contributed by atoms with Crippen molar-refractivity contribution in [1.29, 1.82) is 0 Å². The first-order chi connectivity index (χ1) is 8.81. The van der Waals surface area contributed by atoms with Crippen LogP contribution in [0.5, 0.6) is 11.5 Å². The predicted molar refractivity (Wildman–Crippen MR) is 68.1 cm³/mol. The van der Waals surface area contributed by atoms with E-state index in [1.807, 2.05) is 35.0 Å².